The summed E-state index contributed by atoms with van der Waals surface area (Å²) in [4.78, 5) is 0. The van der Waals surface area contributed by atoms with Crippen LogP contribution >= 0.6 is 0 Å². The summed E-state index contributed by atoms with van der Waals surface area (Å²) >= 11 is 0. The minimum absolute atomic E-state index is 0.152. The number of benzene rings is 1. The van der Waals surface area contributed by atoms with Crippen LogP contribution in [0.2, 0.25) is 0 Å². The van der Waals surface area contributed by atoms with Crippen molar-refractivity contribution in [1.82, 2.24) is 0 Å². The maximum Gasteiger partial charge on any atom is 0.120 e. The van der Waals surface area contributed by atoms with E-state index in [1.807, 2.05) is 58.9 Å². The van der Waals surface area contributed by atoms with Crippen LogP contribution in [0.15, 0.2) is 24.3 Å². The molecule has 0 radical (unpaired) electrons. The standard InChI is InChI=1S/C14H22O2/c1-10(2)14(5,15)12-7-6-8-13(9-12)16-11(3)4/h6-11,15H,1-5H3. The number of rotatable bonds is 4. The summed E-state index contributed by atoms with van der Waals surface area (Å²) in [5, 5.41) is 10.4. The Balaban J connectivity index is 2.98. The SMILES string of the molecule is CC(C)Oc1cccc(C(C)(O)C(C)C)c1. The van der Waals surface area contributed by atoms with Crippen molar-refractivity contribution in [3.63, 3.8) is 0 Å². The molecule has 1 aromatic rings. The van der Waals surface area contributed by atoms with Crippen LogP contribution in [0.25, 0.3) is 0 Å². The van der Waals surface area contributed by atoms with Crippen LogP contribution in [0.4, 0.5) is 0 Å². The average molecular weight is 222 g/mol. The lowest BCUT2D eigenvalue weighted by atomic mass is 9.85. The van der Waals surface area contributed by atoms with E-state index in [4.69, 9.17) is 4.74 Å². The number of hydrogen-bond acceptors (Lipinski definition) is 2. The van der Waals surface area contributed by atoms with E-state index in [0.717, 1.165) is 11.3 Å². The number of aliphatic hydroxyl groups is 1. The Labute approximate surface area is 98.3 Å². The molecule has 1 unspecified atom stereocenters. The first-order valence-electron chi connectivity index (χ1n) is 5.83. The minimum Gasteiger partial charge on any atom is -0.491 e. The Morgan fingerprint density at radius 1 is 1.19 bits per heavy atom. The number of hydrogen-bond donors (Lipinski definition) is 1. The Hall–Kier alpha value is -1.02. The van der Waals surface area contributed by atoms with Crippen LogP contribution < -0.4 is 4.74 Å². The average Bonchev–Trinajstić information content (AvgIpc) is 2.16. The molecule has 2 heteroatoms. The van der Waals surface area contributed by atoms with E-state index < -0.39 is 5.60 Å². The second-order valence-electron chi connectivity index (χ2n) is 5.00. The highest BCUT2D eigenvalue weighted by Crippen LogP contribution is 2.31. The third-order valence-electron chi connectivity index (χ3n) is 2.91. The minimum atomic E-state index is -0.809. The Morgan fingerprint density at radius 2 is 1.81 bits per heavy atom. The molecule has 0 bridgehead atoms. The van der Waals surface area contributed by atoms with E-state index >= 15 is 0 Å². The molecule has 16 heavy (non-hydrogen) atoms. The maximum absolute atomic E-state index is 10.4. The molecule has 0 saturated carbocycles. The van der Waals surface area contributed by atoms with Crippen molar-refractivity contribution >= 4 is 0 Å². The lowest BCUT2D eigenvalue weighted by Gasteiger charge is -2.28. The fraction of sp³-hybridized carbons (Fsp3) is 0.571. The smallest absolute Gasteiger partial charge is 0.120 e. The van der Waals surface area contributed by atoms with Gasteiger partial charge in [0.1, 0.15) is 5.75 Å². The van der Waals surface area contributed by atoms with Crippen LogP contribution in [-0.2, 0) is 5.60 Å². The maximum atomic E-state index is 10.4. The molecule has 1 atom stereocenters. The van der Waals surface area contributed by atoms with Gasteiger partial charge in [-0.1, -0.05) is 26.0 Å². The summed E-state index contributed by atoms with van der Waals surface area (Å²) < 4.78 is 5.62. The molecule has 1 aromatic carbocycles. The van der Waals surface area contributed by atoms with E-state index in [1.54, 1.807) is 0 Å². The van der Waals surface area contributed by atoms with Gasteiger partial charge in [0.05, 0.1) is 11.7 Å². The van der Waals surface area contributed by atoms with Crippen LogP contribution in [-0.4, -0.2) is 11.2 Å². The largest absolute Gasteiger partial charge is 0.491 e. The molecule has 0 aliphatic heterocycles. The fourth-order valence-electron chi connectivity index (χ4n) is 1.49. The highest BCUT2D eigenvalue weighted by atomic mass is 16.5. The zero-order valence-corrected chi connectivity index (χ0v) is 10.8. The first kappa shape index (κ1) is 13.0. The Bertz CT molecular complexity index is 340. The van der Waals surface area contributed by atoms with Crippen LogP contribution in [0, 0.1) is 5.92 Å². The Morgan fingerprint density at radius 3 is 2.31 bits per heavy atom. The highest BCUT2D eigenvalue weighted by Gasteiger charge is 2.27. The van der Waals surface area contributed by atoms with Crippen molar-refractivity contribution < 1.29 is 9.84 Å². The molecule has 1 N–H and O–H groups in total. The van der Waals surface area contributed by atoms with Gasteiger partial charge in [-0.3, -0.25) is 0 Å². The summed E-state index contributed by atoms with van der Waals surface area (Å²) in [5.41, 5.74) is 0.0942. The van der Waals surface area contributed by atoms with Crippen molar-refractivity contribution in [1.29, 1.82) is 0 Å². The predicted molar refractivity (Wildman–Crippen MR) is 66.6 cm³/mol. The zero-order valence-electron chi connectivity index (χ0n) is 10.8. The lowest BCUT2D eigenvalue weighted by molar-refractivity contribution is 0.00876. The molecule has 0 spiro atoms. The van der Waals surface area contributed by atoms with E-state index in [-0.39, 0.29) is 12.0 Å². The molecule has 90 valence electrons. The molecule has 0 aliphatic rings. The van der Waals surface area contributed by atoms with E-state index in [1.165, 1.54) is 0 Å². The molecule has 0 aromatic heterocycles. The van der Waals surface area contributed by atoms with E-state index in [9.17, 15) is 5.11 Å². The van der Waals surface area contributed by atoms with Crippen molar-refractivity contribution in [3.8, 4) is 5.75 Å². The molecule has 2 nitrogen and oxygen atoms in total. The van der Waals surface area contributed by atoms with Crippen LogP contribution in [0.5, 0.6) is 5.75 Å². The third-order valence-corrected chi connectivity index (χ3v) is 2.91. The number of ether oxygens (including phenoxy) is 1. The molecule has 0 amide bonds. The van der Waals surface area contributed by atoms with Gasteiger partial charge in [0.25, 0.3) is 0 Å². The zero-order chi connectivity index (χ0) is 12.3. The molecule has 0 heterocycles. The van der Waals surface area contributed by atoms with Crippen molar-refractivity contribution in [2.24, 2.45) is 5.92 Å². The molecule has 1 rings (SSSR count). The first-order valence-corrected chi connectivity index (χ1v) is 5.83. The fourth-order valence-corrected chi connectivity index (χ4v) is 1.49. The van der Waals surface area contributed by atoms with Crippen LogP contribution in [0.3, 0.4) is 0 Å². The normalized spacial score (nSPS) is 15.2. The molecular weight excluding hydrogens is 200 g/mol. The molecule has 0 saturated heterocycles. The summed E-state index contributed by atoms with van der Waals surface area (Å²) in [6.07, 6.45) is 0.152. The van der Waals surface area contributed by atoms with Gasteiger partial charge in [0.2, 0.25) is 0 Å². The topological polar surface area (TPSA) is 29.5 Å². The van der Waals surface area contributed by atoms with E-state index in [2.05, 4.69) is 0 Å². The van der Waals surface area contributed by atoms with Gasteiger partial charge in [-0.25, -0.2) is 0 Å². The monoisotopic (exact) mass is 222 g/mol. The molecule has 0 fully saturated rings. The lowest BCUT2D eigenvalue weighted by Crippen LogP contribution is -2.27. The van der Waals surface area contributed by atoms with Crippen molar-refractivity contribution in [2.45, 2.75) is 46.3 Å². The van der Waals surface area contributed by atoms with Gasteiger partial charge in [-0.05, 0) is 44.4 Å². The van der Waals surface area contributed by atoms with Crippen molar-refractivity contribution in [2.75, 3.05) is 0 Å². The summed E-state index contributed by atoms with van der Waals surface area (Å²) in [5.74, 6) is 0.982. The summed E-state index contributed by atoms with van der Waals surface area (Å²) in [6, 6.07) is 7.69. The highest BCUT2D eigenvalue weighted by molar-refractivity contribution is 5.32. The van der Waals surface area contributed by atoms with Crippen LogP contribution in [0.1, 0.15) is 40.2 Å². The second-order valence-corrected chi connectivity index (χ2v) is 5.00. The summed E-state index contributed by atoms with van der Waals surface area (Å²) in [6.45, 7) is 9.85. The van der Waals surface area contributed by atoms with Gasteiger partial charge in [0, 0.05) is 0 Å². The van der Waals surface area contributed by atoms with Gasteiger partial charge < -0.3 is 9.84 Å². The van der Waals surface area contributed by atoms with E-state index in [0.29, 0.717) is 0 Å². The Kier molecular flexibility index (Phi) is 3.98. The quantitative estimate of drug-likeness (QED) is 0.846. The van der Waals surface area contributed by atoms with Gasteiger partial charge in [-0.2, -0.15) is 0 Å². The summed E-state index contributed by atoms with van der Waals surface area (Å²) in [7, 11) is 0. The predicted octanol–water partition coefficient (Wildman–Crippen LogP) is 3.34. The van der Waals surface area contributed by atoms with Crippen molar-refractivity contribution in [3.05, 3.63) is 29.8 Å². The van der Waals surface area contributed by atoms with Gasteiger partial charge >= 0.3 is 0 Å². The third kappa shape index (κ3) is 2.99. The van der Waals surface area contributed by atoms with Gasteiger partial charge in [0.15, 0.2) is 0 Å². The second kappa shape index (κ2) is 4.88. The molecular formula is C14H22O2. The van der Waals surface area contributed by atoms with Gasteiger partial charge in [-0.15, -0.1) is 0 Å². The first-order chi connectivity index (χ1) is 7.34. The molecule has 0 aliphatic carbocycles.